The van der Waals surface area contributed by atoms with Gasteiger partial charge in [-0.1, -0.05) is 0 Å². The van der Waals surface area contributed by atoms with Crippen molar-refractivity contribution in [3.8, 4) is 0 Å². The highest BCUT2D eigenvalue weighted by Gasteiger charge is 2.25. The summed E-state index contributed by atoms with van der Waals surface area (Å²) in [6.45, 7) is 1.85. The van der Waals surface area contributed by atoms with Gasteiger partial charge >= 0.3 is 0 Å². The highest BCUT2D eigenvalue weighted by Crippen LogP contribution is 2.16. The fourth-order valence-electron chi connectivity index (χ4n) is 2.33. The van der Waals surface area contributed by atoms with Crippen LogP contribution in [0.1, 0.15) is 21.8 Å². The third-order valence-electron chi connectivity index (χ3n) is 3.43. The number of hydrogen-bond donors (Lipinski definition) is 0. The number of ether oxygens (including phenoxy) is 1. The normalized spacial score (nSPS) is 18.7. The zero-order valence-corrected chi connectivity index (χ0v) is 12.3. The van der Waals surface area contributed by atoms with Crippen molar-refractivity contribution >= 4 is 17.2 Å². The van der Waals surface area contributed by atoms with Gasteiger partial charge in [-0.3, -0.25) is 9.78 Å². The van der Waals surface area contributed by atoms with Crippen LogP contribution in [0.15, 0.2) is 30.3 Å². The summed E-state index contributed by atoms with van der Waals surface area (Å²) < 4.78 is 5.75. The topological polar surface area (TPSA) is 68.2 Å². The molecule has 1 amide bonds. The lowest BCUT2D eigenvalue weighted by molar-refractivity contribution is -0.0245. The molecule has 0 aliphatic carbocycles. The number of carbonyl (C=O) groups excluding carboxylic acids is 1. The Morgan fingerprint density at radius 1 is 1.48 bits per heavy atom. The molecule has 0 spiro atoms. The molecule has 0 bridgehead atoms. The van der Waals surface area contributed by atoms with E-state index in [0.717, 1.165) is 18.5 Å². The van der Waals surface area contributed by atoms with Crippen LogP contribution < -0.4 is 0 Å². The molecular formula is C14H16N4O2S. The predicted octanol–water partition coefficient (Wildman–Crippen LogP) is 1.41. The van der Waals surface area contributed by atoms with Crippen molar-refractivity contribution in [3.05, 3.63) is 40.9 Å². The van der Waals surface area contributed by atoms with Gasteiger partial charge in [0.15, 0.2) is 0 Å². The Morgan fingerprint density at radius 3 is 3.19 bits per heavy atom. The number of aryl methyl sites for hydroxylation is 1. The summed E-state index contributed by atoms with van der Waals surface area (Å²) in [6.07, 6.45) is 6.66. The number of carbonyl (C=O) groups is 1. The zero-order valence-electron chi connectivity index (χ0n) is 11.5. The summed E-state index contributed by atoms with van der Waals surface area (Å²) in [4.78, 5) is 26.9. The van der Waals surface area contributed by atoms with E-state index in [-0.39, 0.29) is 12.0 Å². The number of amides is 1. The highest BCUT2D eigenvalue weighted by molar-refractivity contribution is 7.11. The fraction of sp³-hybridized carbons (Fsp3) is 0.429. The van der Waals surface area contributed by atoms with Gasteiger partial charge in [0.25, 0.3) is 5.91 Å². The van der Waals surface area contributed by atoms with Crippen LogP contribution in [0, 0.1) is 0 Å². The Balaban J connectivity index is 1.55. The Labute approximate surface area is 126 Å². The second-order valence-electron chi connectivity index (χ2n) is 4.85. The first kappa shape index (κ1) is 14.1. The first-order chi connectivity index (χ1) is 10.3. The van der Waals surface area contributed by atoms with Crippen molar-refractivity contribution in [2.75, 3.05) is 19.7 Å². The molecule has 0 unspecified atom stereocenters. The van der Waals surface area contributed by atoms with E-state index in [0.29, 0.717) is 24.6 Å². The average molecular weight is 304 g/mol. The molecule has 1 atom stereocenters. The van der Waals surface area contributed by atoms with Crippen molar-refractivity contribution in [2.24, 2.45) is 0 Å². The molecule has 1 saturated heterocycles. The quantitative estimate of drug-likeness (QED) is 0.854. The molecular weight excluding hydrogens is 288 g/mol. The standard InChI is InChI=1S/C14H16N4O2S/c19-14(13-7-16-10-21-13)18-5-6-20-12(8-18)2-1-11-3-4-15-9-17-11/h3-4,7,9-10,12H,1-2,5-6,8H2/t12-/m1/s1. The Morgan fingerprint density at radius 2 is 2.43 bits per heavy atom. The number of aromatic nitrogens is 3. The third kappa shape index (κ3) is 3.62. The largest absolute Gasteiger partial charge is 0.375 e. The van der Waals surface area contributed by atoms with Gasteiger partial charge in [-0.2, -0.15) is 0 Å². The van der Waals surface area contributed by atoms with Gasteiger partial charge in [-0.25, -0.2) is 9.97 Å². The maximum Gasteiger partial charge on any atom is 0.265 e. The second kappa shape index (κ2) is 6.73. The van der Waals surface area contributed by atoms with Crippen LogP contribution in [0.4, 0.5) is 0 Å². The number of hydrogen-bond acceptors (Lipinski definition) is 6. The number of morpholine rings is 1. The van der Waals surface area contributed by atoms with Gasteiger partial charge in [0, 0.05) is 25.0 Å². The Hall–Kier alpha value is -1.86. The van der Waals surface area contributed by atoms with Gasteiger partial charge < -0.3 is 9.64 Å². The van der Waals surface area contributed by atoms with Crippen LogP contribution >= 0.6 is 11.3 Å². The summed E-state index contributed by atoms with van der Waals surface area (Å²) in [7, 11) is 0. The molecule has 1 fully saturated rings. The summed E-state index contributed by atoms with van der Waals surface area (Å²) in [5.41, 5.74) is 2.68. The minimum atomic E-state index is 0.0489. The van der Waals surface area contributed by atoms with Gasteiger partial charge in [0.05, 0.1) is 24.4 Å². The summed E-state index contributed by atoms with van der Waals surface area (Å²) in [5, 5.41) is 0. The van der Waals surface area contributed by atoms with Crippen molar-refractivity contribution < 1.29 is 9.53 Å². The molecule has 1 aliphatic rings. The number of rotatable bonds is 4. The van der Waals surface area contributed by atoms with Crippen molar-refractivity contribution in [3.63, 3.8) is 0 Å². The molecule has 2 aromatic rings. The molecule has 7 heteroatoms. The minimum absolute atomic E-state index is 0.0489. The smallest absolute Gasteiger partial charge is 0.265 e. The van der Waals surface area contributed by atoms with Gasteiger partial charge in [-0.15, -0.1) is 11.3 Å². The molecule has 1 aliphatic heterocycles. The molecule has 2 aromatic heterocycles. The first-order valence-electron chi connectivity index (χ1n) is 6.87. The monoisotopic (exact) mass is 304 g/mol. The van der Waals surface area contributed by atoms with Crippen LogP contribution in [0.3, 0.4) is 0 Å². The molecule has 0 radical (unpaired) electrons. The maximum atomic E-state index is 12.3. The van der Waals surface area contributed by atoms with E-state index < -0.39 is 0 Å². The molecule has 3 heterocycles. The Kier molecular flexibility index (Phi) is 4.52. The van der Waals surface area contributed by atoms with E-state index in [1.165, 1.54) is 11.3 Å². The lowest BCUT2D eigenvalue weighted by Crippen LogP contribution is -2.45. The van der Waals surface area contributed by atoms with Crippen molar-refractivity contribution in [1.82, 2.24) is 19.9 Å². The van der Waals surface area contributed by atoms with E-state index in [4.69, 9.17) is 4.74 Å². The van der Waals surface area contributed by atoms with Crippen LogP contribution in [0.25, 0.3) is 0 Å². The van der Waals surface area contributed by atoms with E-state index in [1.54, 1.807) is 24.2 Å². The third-order valence-corrected chi connectivity index (χ3v) is 4.20. The average Bonchev–Trinajstić information content (AvgIpc) is 3.08. The maximum absolute atomic E-state index is 12.3. The van der Waals surface area contributed by atoms with E-state index >= 15 is 0 Å². The van der Waals surface area contributed by atoms with Crippen LogP contribution in [0.2, 0.25) is 0 Å². The molecule has 21 heavy (non-hydrogen) atoms. The summed E-state index contributed by atoms with van der Waals surface area (Å²) in [5.74, 6) is 0.0489. The van der Waals surface area contributed by atoms with Crippen LogP contribution in [-0.2, 0) is 11.2 Å². The first-order valence-corrected chi connectivity index (χ1v) is 7.75. The molecule has 6 nitrogen and oxygen atoms in total. The molecule has 0 N–H and O–H groups in total. The summed E-state index contributed by atoms with van der Waals surface area (Å²) in [6, 6.07) is 1.91. The SMILES string of the molecule is O=C(c1cncs1)N1CCO[C@H](CCc2ccncn2)C1. The zero-order chi connectivity index (χ0) is 14.5. The molecule has 110 valence electrons. The van der Waals surface area contributed by atoms with Gasteiger partial charge in [0.1, 0.15) is 11.2 Å². The van der Waals surface area contributed by atoms with Crippen LogP contribution in [-0.4, -0.2) is 51.6 Å². The molecule has 0 aromatic carbocycles. The van der Waals surface area contributed by atoms with Crippen LogP contribution in [0.5, 0.6) is 0 Å². The van der Waals surface area contributed by atoms with Crippen molar-refractivity contribution in [1.29, 1.82) is 0 Å². The Bertz CT molecular complexity index is 576. The molecule has 0 saturated carbocycles. The highest BCUT2D eigenvalue weighted by atomic mass is 32.1. The molecule has 3 rings (SSSR count). The van der Waals surface area contributed by atoms with E-state index in [1.807, 2.05) is 11.0 Å². The minimum Gasteiger partial charge on any atom is -0.375 e. The van der Waals surface area contributed by atoms with Gasteiger partial charge in [0.2, 0.25) is 0 Å². The lowest BCUT2D eigenvalue weighted by atomic mass is 10.1. The number of nitrogens with zero attached hydrogens (tertiary/aromatic N) is 4. The van der Waals surface area contributed by atoms with Gasteiger partial charge in [-0.05, 0) is 18.9 Å². The fourth-order valence-corrected chi connectivity index (χ4v) is 2.92. The summed E-state index contributed by atoms with van der Waals surface area (Å²) >= 11 is 1.38. The van der Waals surface area contributed by atoms with E-state index in [9.17, 15) is 4.79 Å². The second-order valence-corrected chi connectivity index (χ2v) is 5.74. The lowest BCUT2D eigenvalue weighted by Gasteiger charge is -2.32. The predicted molar refractivity (Wildman–Crippen MR) is 78.1 cm³/mol. The number of thiazole rings is 1. The van der Waals surface area contributed by atoms with E-state index in [2.05, 4.69) is 15.0 Å². The van der Waals surface area contributed by atoms with Crippen molar-refractivity contribution in [2.45, 2.75) is 18.9 Å².